The van der Waals surface area contributed by atoms with Gasteiger partial charge < -0.3 is 18.6 Å². The van der Waals surface area contributed by atoms with Crippen molar-refractivity contribution in [2.45, 2.75) is 20.8 Å². The summed E-state index contributed by atoms with van der Waals surface area (Å²) in [4.78, 5) is 23.1. The first-order valence-electron chi connectivity index (χ1n) is 7.80. The van der Waals surface area contributed by atoms with E-state index in [2.05, 4.69) is 6.58 Å². The molecule has 0 fully saturated rings. The molecule has 0 N–H and O–H groups in total. The number of hydrogen-bond acceptors (Lipinski definition) is 5. The van der Waals surface area contributed by atoms with Crippen molar-refractivity contribution in [3.63, 3.8) is 0 Å². The van der Waals surface area contributed by atoms with Gasteiger partial charge in [0.05, 0.1) is 31.0 Å². The van der Waals surface area contributed by atoms with Gasteiger partial charge in [-0.2, -0.15) is 0 Å². The second kappa shape index (κ2) is 7.70. The number of aromatic nitrogens is 1. The van der Waals surface area contributed by atoms with Crippen molar-refractivity contribution < 1.29 is 23.8 Å². The normalized spacial score (nSPS) is 11.3. The van der Waals surface area contributed by atoms with Gasteiger partial charge in [-0.25, -0.2) is 4.79 Å². The van der Waals surface area contributed by atoms with Crippen molar-refractivity contribution in [1.82, 2.24) is 4.40 Å². The first-order chi connectivity index (χ1) is 11.9. The van der Waals surface area contributed by atoms with E-state index >= 15 is 0 Å². The van der Waals surface area contributed by atoms with Crippen molar-refractivity contribution in [1.29, 1.82) is 0 Å². The lowest BCUT2D eigenvalue weighted by molar-refractivity contribution is -0.137. The molecule has 2 aromatic heterocycles. The van der Waals surface area contributed by atoms with Crippen LogP contribution in [0.4, 0.5) is 0 Å². The molecule has 2 aromatic rings. The van der Waals surface area contributed by atoms with Gasteiger partial charge in [0.15, 0.2) is 0 Å². The summed E-state index contributed by atoms with van der Waals surface area (Å²) < 4.78 is 17.4. The van der Waals surface area contributed by atoms with E-state index in [0.29, 0.717) is 17.0 Å². The van der Waals surface area contributed by atoms with Gasteiger partial charge in [0.25, 0.3) is 0 Å². The Kier molecular flexibility index (Phi) is 5.64. The molecule has 0 unspecified atom stereocenters. The Labute approximate surface area is 146 Å². The molecule has 0 spiro atoms. The number of rotatable bonds is 6. The molecule has 0 bridgehead atoms. The highest BCUT2D eigenvalue weighted by atomic mass is 16.5. The Hall–Kier alpha value is -3.02. The topological polar surface area (TPSA) is 66.2 Å². The SMILES string of the molecule is C=C(OC(C)=O)c1c(C)c(C(=CC(=O)OCC)OC)c2ccccn12. The average Bonchev–Trinajstić information content (AvgIpc) is 2.84. The van der Waals surface area contributed by atoms with Gasteiger partial charge in [-0.3, -0.25) is 4.79 Å². The summed E-state index contributed by atoms with van der Waals surface area (Å²) in [6.45, 7) is 9.03. The van der Waals surface area contributed by atoms with Crippen LogP contribution in [0, 0.1) is 6.92 Å². The zero-order valence-corrected chi connectivity index (χ0v) is 14.8. The number of carbonyl (C=O) groups excluding carboxylic acids is 2. The summed E-state index contributed by atoms with van der Waals surface area (Å²) in [5, 5.41) is 0. The number of methoxy groups -OCH3 is 1. The molecular formula is C19H21NO5. The number of esters is 2. The molecule has 0 aliphatic heterocycles. The second-order valence-corrected chi connectivity index (χ2v) is 5.29. The van der Waals surface area contributed by atoms with E-state index in [1.54, 1.807) is 6.92 Å². The molecule has 6 nitrogen and oxygen atoms in total. The minimum absolute atomic E-state index is 0.226. The zero-order valence-electron chi connectivity index (χ0n) is 14.8. The van der Waals surface area contributed by atoms with Crippen molar-refractivity contribution in [2.75, 3.05) is 13.7 Å². The minimum atomic E-state index is -0.491. The molecule has 0 atom stereocenters. The van der Waals surface area contributed by atoms with Gasteiger partial charge in [-0.05, 0) is 31.5 Å². The van der Waals surface area contributed by atoms with E-state index in [9.17, 15) is 9.59 Å². The largest absolute Gasteiger partial charge is 0.496 e. The number of hydrogen-bond donors (Lipinski definition) is 0. The van der Waals surface area contributed by atoms with E-state index in [1.807, 2.05) is 35.7 Å². The Bertz CT molecular complexity index is 860. The van der Waals surface area contributed by atoms with Crippen LogP contribution < -0.4 is 0 Å². The maximum atomic E-state index is 11.8. The molecule has 0 saturated heterocycles. The molecular weight excluding hydrogens is 322 g/mol. The number of carbonyl (C=O) groups is 2. The maximum absolute atomic E-state index is 11.8. The summed E-state index contributed by atoms with van der Waals surface area (Å²) in [5.41, 5.74) is 2.91. The van der Waals surface area contributed by atoms with E-state index in [0.717, 1.165) is 11.1 Å². The molecule has 0 aliphatic carbocycles. The molecule has 0 amide bonds. The van der Waals surface area contributed by atoms with Crippen molar-refractivity contribution >= 4 is 29.0 Å². The lowest BCUT2D eigenvalue weighted by Gasteiger charge is -2.08. The van der Waals surface area contributed by atoms with Gasteiger partial charge in [0.2, 0.25) is 0 Å². The minimum Gasteiger partial charge on any atom is -0.496 e. The summed E-state index contributed by atoms with van der Waals surface area (Å²) >= 11 is 0. The van der Waals surface area contributed by atoms with Crippen LogP contribution in [0.1, 0.15) is 30.7 Å². The monoisotopic (exact) mass is 343 g/mol. The number of nitrogens with zero attached hydrogens (tertiary/aromatic N) is 1. The van der Waals surface area contributed by atoms with Crippen LogP contribution in [0.15, 0.2) is 37.1 Å². The van der Waals surface area contributed by atoms with E-state index in [1.165, 1.54) is 20.1 Å². The third kappa shape index (κ3) is 3.74. The predicted molar refractivity (Wildman–Crippen MR) is 94.6 cm³/mol. The van der Waals surface area contributed by atoms with Crippen molar-refractivity contribution in [2.24, 2.45) is 0 Å². The van der Waals surface area contributed by atoms with Gasteiger partial charge in [-0.15, -0.1) is 0 Å². The van der Waals surface area contributed by atoms with Crippen molar-refractivity contribution in [3.8, 4) is 0 Å². The van der Waals surface area contributed by atoms with Crippen LogP contribution in [0.25, 0.3) is 17.0 Å². The summed E-state index contributed by atoms with van der Waals surface area (Å²) in [6, 6.07) is 5.60. The summed E-state index contributed by atoms with van der Waals surface area (Å²) in [7, 11) is 1.48. The molecule has 2 heterocycles. The Balaban J connectivity index is 2.68. The molecule has 0 saturated carbocycles. The first-order valence-corrected chi connectivity index (χ1v) is 7.80. The lowest BCUT2D eigenvalue weighted by Crippen LogP contribution is -2.02. The number of pyridine rings is 1. The molecule has 0 aliphatic rings. The fourth-order valence-electron chi connectivity index (χ4n) is 2.73. The fraction of sp³-hybridized carbons (Fsp3) is 0.263. The Morgan fingerprint density at radius 3 is 2.64 bits per heavy atom. The van der Waals surface area contributed by atoms with E-state index in [-0.39, 0.29) is 12.4 Å². The van der Waals surface area contributed by atoms with Crippen LogP contribution in [0.2, 0.25) is 0 Å². The smallest absolute Gasteiger partial charge is 0.334 e. The highest BCUT2D eigenvalue weighted by Crippen LogP contribution is 2.33. The number of fused-ring (bicyclic) bond motifs is 1. The second-order valence-electron chi connectivity index (χ2n) is 5.29. The highest BCUT2D eigenvalue weighted by molar-refractivity contribution is 5.94. The highest BCUT2D eigenvalue weighted by Gasteiger charge is 2.22. The first kappa shape index (κ1) is 18.3. The van der Waals surface area contributed by atoms with Crippen LogP contribution in [-0.4, -0.2) is 30.1 Å². The van der Waals surface area contributed by atoms with Crippen LogP contribution in [0.3, 0.4) is 0 Å². The maximum Gasteiger partial charge on any atom is 0.334 e. The fourth-order valence-corrected chi connectivity index (χ4v) is 2.73. The summed E-state index contributed by atoms with van der Waals surface area (Å²) in [6.07, 6.45) is 3.13. The standard InChI is InChI=1S/C19H21NO5/c1-6-24-17(22)11-16(23-5)18-12(2)19(13(3)25-14(4)21)20-10-8-7-9-15(18)20/h7-11H,3,6H2,1-2,4-5H3. The van der Waals surface area contributed by atoms with Gasteiger partial charge >= 0.3 is 11.9 Å². The predicted octanol–water partition coefficient (Wildman–Crippen LogP) is 3.33. The molecule has 132 valence electrons. The Morgan fingerprint density at radius 1 is 1.32 bits per heavy atom. The van der Waals surface area contributed by atoms with Gasteiger partial charge in [0, 0.05) is 18.7 Å². The molecule has 6 heteroatoms. The van der Waals surface area contributed by atoms with E-state index < -0.39 is 11.9 Å². The van der Waals surface area contributed by atoms with Crippen LogP contribution in [0.5, 0.6) is 0 Å². The molecule has 0 radical (unpaired) electrons. The average molecular weight is 343 g/mol. The summed E-state index contributed by atoms with van der Waals surface area (Å²) in [5.74, 6) is -0.356. The lowest BCUT2D eigenvalue weighted by atomic mass is 10.1. The number of ether oxygens (including phenoxy) is 3. The third-order valence-corrected chi connectivity index (χ3v) is 3.62. The van der Waals surface area contributed by atoms with Gasteiger partial charge in [-0.1, -0.05) is 12.6 Å². The quantitative estimate of drug-likeness (QED) is 0.457. The molecule has 0 aromatic carbocycles. The van der Waals surface area contributed by atoms with E-state index in [4.69, 9.17) is 14.2 Å². The van der Waals surface area contributed by atoms with Crippen LogP contribution >= 0.6 is 0 Å². The van der Waals surface area contributed by atoms with Gasteiger partial charge in [0.1, 0.15) is 11.5 Å². The Morgan fingerprint density at radius 2 is 2.04 bits per heavy atom. The van der Waals surface area contributed by atoms with Crippen LogP contribution in [-0.2, 0) is 23.8 Å². The molecule has 2 rings (SSSR count). The van der Waals surface area contributed by atoms with Crippen molar-refractivity contribution in [3.05, 3.63) is 53.9 Å². The zero-order chi connectivity index (χ0) is 18.6. The molecule has 25 heavy (non-hydrogen) atoms. The third-order valence-electron chi connectivity index (χ3n) is 3.62.